The van der Waals surface area contributed by atoms with Gasteiger partial charge in [0.2, 0.25) is 0 Å². The van der Waals surface area contributed by atoms with Crippen LogP contribution in [0.15, 0.2) is 5.38 Å². The zero-order chi connectivity index (χ0) is 15.5. The van der Waals surface area contributed by atoms with Crippen LogP contribution < -0.4 is 4.90 Å². The number of nitrogens with zero attached hydrogens (tertiary/aromatic N) is 2. The summed E-state index contributed by atoms with van der Waals surface area (Å²) in [6.07, 6.45) is 1.52. The summed E-state index contributed by atoms with van der Waals surface area (Å²) in [4.78, 5) is 17.7. The molecule has 1 aromatic heterocycles. The first-order valence-corrected chi connectivity index (χ1v) is 9.64. The maximum atomic E-state index is 11.5. The third kappa shape index (κ3) is 4.41. The standard InChI is InChI=1S/C13H20N2O4S2/c1-3-19-12(16)5-4-10-8-20-13(14-10)15(2)11-6-7-21(17,18)9-11/h8,11H,3-7,9H2,1-2H3. The molecule has 8 heteroatoms. The Morgan fingerprint density at radius 1 is 1.57 bits per heavy atom. The minimum Gasteiger partial charge on any atom is -0.466 e. The van der Waals surface area contributed by atoms with Gasteiger partial charge in [0.1, 0.15) is 0 Å². The zero-order valence-electron chi connectivity index (χ0n) is 12.2. The average molecular weight is 332 g/mol. The van der Waals surface area contributed by atoms with E-state index in [1.807, 2.05) is 17.3 Å². The fourth-order valence-corrected chi connectivity index (χ4v) is 4.95. The lowest BCUT2D eigenvalue weighted by Crippen LogP contribution is -2.32. The topological polar surface area (TPSA) is 76.6 Å². The molecular formula is C13H20N2O4S2. The van der Waals surface area contributed by atoms with Crippen LogP contribution in [0.1, 0.15) is 25.5 Å². The number of hydrogen-bond acceptors (Lipinski definition) is 7. The van der Waals surface area contributed by atoms with Gasteiger partial charge in [-0.15, -0.1) is 11.3 Å². The highest BCUT2D eigenvalue weighted by Gasteiger charge is 2.31. The SMILES string of the molecule is CCOC(=O)CCc1csc(N(C)C2CCS(=O)(=O)C2)n1. The van der Waals surface area contributed by atoms with E-state index in [1.54, 1.807) is 6.92 Å². The van der Waals surface area contributed by atoms with Crippen LogP contribution in [0.2, 0.25) is 0 Å². The lowest BCUT2D eigenvalue weighted by molar-refractivity contribution is -0.143. The minimum atomic E-state index is -2.90. The number of sulfone groups is 1. The van der Waals surface area contributed by atoms with Gasteiger partial charge in [-0.1, -0.05) is 0 Å². The Labute approximate surface area is 129 Å². The van der Waals surface area contributed by atoms with Crippen molar-refractivity contribution in [1.29, 1.82) is 0 Å². The first-order valence-electron chi connectivity index (χ1n) is 6.94. The molecule has 0 aromatic carbocycles. The van der Waals surface area contributed by atoms with Crippen LogP contribution in [-0.4, -0.2) is 50.6 Å². The van der Waals surface area contributed by atoms with Gasteiger partial charge in [0.15, 0.2) is 15.0 Å². The van der Waals surface area contributed by atoms with Crippen molar-refractivity contribution in [2.45, 2.75) is 32.2 Å². The van der Waals surface area contributed by atoms with E-state index >= 15 is 0 Å². The van der Waals surface area contributed by atoms with Crippen molar-refractivity contribution in [1.82, 2.24) is 4.98 Å². The third-order valence-corrected chi connectivity index (χ3v) is 6.22. The second-order valence-electron chi connectivity index (χ2n) is 5.09. The molecule has 118 valence electrons. The fraction of sp³-hybridized carbons (Fsp3) is 0.692. The summed E-state index contributed by atoms with van der Waals surface area (Å²) in [6, 6.07) is -0.000873. The molecule has 6 nitrogen and oxygen atoms in total. The van der Waals surface area contributed by atoms with E-state index in [0.29, 0.717) is 25.9 Å². The van der Waals surface area contributed by atoms with Gasteiger partial charge in [0.05, 0.1) is 30.2 Å². The van der Waals surface area contributed by atoms with Crippen molar-refractivity contribution in [3.8, 4) is 0 Å². The van der Waals surface area contributed by atoms with Crippen molar-refractivity contribution < 1.29 is 17.9 Å². The number of aryl methyl sites for hydroxylation is 1. The van der Waals surface area contributed by atoms with Crippen molar-refractivity contribution in [3.05, 3.63) is 11.1 Å². The molecule has 1 fully saturated rings. The highest BCUT2D eigenvalue weighted by Crippen LogP contribution is 2.26. The van der Waals surface area contributed by atoms with Crippen LogP contribution in [0.3, 0.4) is 0 Å². The fourth-order valence-electron chi connectivity index (χ4n) is 2.27. The molecule has 1 aliphatic rings. The number of rotatable bonds is 6. The van der Waals surface area contributed by atoms with Gasteiger partial charge >= 0.3 is 5.97 Å². The first kappa shape index (κ1) is 16.2. The Bertz CT molecular complexity index is 597. The molecule has 0 amide bonds. The molecule has 0 bridgehead atoms. The molecule has 2 rings (SSSR count). The Balaban J connectivity index is 1.92. The Morgan fingerprint density at radius 2 is 2.33 bits per heavy atom. The summed E-state index contributed by atoms with van der Waals surface area (Å²) in [5.74, 6) is 0.229. The summed E-state index contributed by atoms with van der Waals surface area (Å²) in [5.41, 5.74) is 0.843. The predicted molar refractivity (Wildman–Crippen MR) is 82.5 cm³/mol. The third-order valence-electron chi connectivity index (χ3n) is 3.49. The molecule has 1 unspecified atom stereocenters. The van der Waals surface area contributed by atoms with Crippen LogP contribution >= 0.6 is 11.3 Å². The predicted octanol–water partition coefficient (Wildman–Crippen LogP) is 1.26. The molecule has 0 N–H and O–H groups in total. The number of aromatic nitrogens is 1. The Kier molecular flexibility index (Phi) is 5.21. The van der Waals surface area contributed by atoms with Crippen LogP contribution in [0.5, 0.6) is 0 Å². The van der Waals surface area contributed by atoms with E-state index < -0.39 is 9.84 Å². The van der Waals surface area contributed by atoms with Gasteiger partial charge in [0.25, 0.3) is 0 Å². The van der Waals surface area contributed by atoms with Gasteiger partial charge in [-0.05, 0) is 13.3 Å². The van der Waals surface area contributed by atoms with Crippen LogP contribution in [-0.2, 0) is 25.8 Å². The van der Waals surface area contributed by atoms with Crippen molar-refractivity contribution in [2.75, 3.05) is 30.1 Å². The van der Waals surface area contributed by atoms with Gasteiger partial charge in [-0.2, -0.15) is 0 Å². The summed E-state index contributed by atoms with van der Waals surface area (Å²) in [7, 11) is -1.02. The molecule has 0 radical (unpaired) electrons. The molecule has 2 heterocycles. The molecule has 21 heavy (non-hydrogen) atoms. The highest BCUT2D eigenvalue weighted by atomic mass is 32.2. The van der Waals surface area contributed by atoms with E-state index in [-0.39, 0.29) is 23.5 Å². The number of carbonyl (C=O) groups excluding carboxylic acids is 1. The van der Waals surface area contributed by atoms with E-state index in [4.69, 9.17) is 4.74 Å². The van der Waals surface area contributed by atoms with E-state index in [2.05, 4.69) is 4.98 Å². The number of thiazole rings is 1. The first-order chi connectivity index (χ1) is 9.91. The molecular weight excluding hydrogens is 312 g/mol. The van der Waals surface area contributed by atoms with E-state index in [9.17, 15) is 13.2 Å². The monoisotopic (exact) mass is 332 g/mol. The molecule has 1 aromatic rings. The Hall–Kier alpha value is -1.15. The van der Waals surface area contributed by atoms with Gasteiger partial charge in [-0.25, -0.2) is 13.4 Å². The van der Waals surface area contributed by atoms with Crippen LogP contribution in [0.4, 0.5) is 5.13 Å². The second kappa shape index (κ2) is 6.74. The number of carbonyl (C=O) groups is 1. The number of hydrogen-bond donors (Lipinski definition) is 0. The average Bonchev–Trinajstić information content (AvgIpc) is 3.02. The van der Waals surface area contributed by atoms with E-state index in [1.165, 1.54) is 11.3 Å². The normalized spacial score (nSPS) is 20.4. The lowest BCUT2D eigenvalue weighted by Gasteiger charge is -2.22. The second-order valence-corrected chi connectivity index (χ2v) is 8.16. The number of anilines is 1. The van der Waals surface area contributed by atoms with Crippen molar-refractivity contribution in [2.24, 2.45) is 0 Å². The van der Waals surface area contributed by atoms with Crippen molar-refractivity contribution >= 4 is 32.3 Å². The molecule has 1 aliphatic heterocycles. The van der Waals surface area contributed by atoms with Gasteiger partial charge < -0.3 is 9.64 Å². The summed E-state index contributed by atoms with van der Waals surface area (Å²) in [6.45, 7) is 2.17. The molecule has 1 saturated heterocycles. The molecule has 0 spiro atoms. The minimum absolute atomic E-state index is 0.000873. The van der Waals surface area contributed by atoms with Gasteiger partial charge in [0, 0.05) is 24.9 Å². The number of esters is 1. The summed E-state index contributed by atoms with van der Waals surface area (Å²) in [5, 5.41) is 2.71. The summed E-state index contributed by atoms with van der Waals surface area (Å²) >= 11 is 1.48. The van der Waals surface area contributed by atoms with Crippen LogP contribution in [0, 0.1) is 0 Å². The smallest absolute Gasteiger partial charge is 0.306 e. The van der Waals surface area contributed by atoms with Crippen LogP contribution in [0.25, 0.3) is 0 Å². The molecule has 0 saturated carbocycles. The molecule has 0 aliphatic carbocycles. The van der Waals surface area contributed by atoms with Gasteiger partial charge in [-0.3, -0.25) is 4.79 Å². The maximum absolute atomic E-state index is 11.5. The molecule has 1 atom stereocenters. The quantitative estimate of drug-likeness (QED) is 0.730. The van der Waals surface area contributed by atoms with E-state index in [0.717, 1.165) is 10.8 Å². The lowest BCUT2D eigenvalue weighted by atomic mass is 10.2. The maximum Gasteiger partial charge on any atom is 0.306 e. The zero-order valence-corrected chi connectivity index (χ0v) is 13.9. The largest absolute Gasteiger partial charge is 0.466 e. The highest BCUT2D eigenvalue weighted by molar-refractivity contribution is 7.91. The van der Waals surface area contributed by atoms with Crippen molar-refractivity contribution in [3.63, 3.8) is 0 Å². The number of ether oxygens (including phenoxy) is 1. The summed E-state index contributed by atoms with van der Waals surface area (Å²) < 4.78 is 27.9. The Morgan fingerprint density at radius 3 is 2.95 bits per heavy atom.